The zero-order chi connectivity index (χ0) is 14.1. The number of benzene rings is 1. The molecule has 0 fully saturated rings. The lowest BCUT2D eigenvalue weighted by atomic mass is 10.2. The lowest BCUT2D eigenvalue weighted by molar-refractivity contribution is 0.112. The Balaban J connectivity index is 2.07. The number of fused-ring (bicyclic) bond motifs is 1. The third-order valence-electron chi connectivity index (χ3n) is 3.11. The standard InChI is InChI=1S/C15H10ClFN2O/c16-14-6-5-13-15(18-14)11(9-20)8-19(13)7-10-1-3-12(17)4-2-10/h1-6,8-9H,7H2. The summed E-state index contributed by atoms with van der Waals surface area (Å²) in [4.78, 5) is 15.3. The van der Waals surface area contributed by atoms with Crippen LogP contribution in [0.1, 0.15) is 15.9 Å². The van der Waals surface area contributed by atoms with Crippen molar-refractivity contribution in [1.82, 2.24) is 9.55 Å². The Morgan fingerprint density at radius 2 is 1.95 bits per heavy atom. The lowest BCUT2D eigenvalue weighted by Gasteiger charge is -2.05. The molecule has 0 aliphatic rings. The molecule has 0 atom stereocenters. The molecule has 2 heterocycles. The molecule has 0 saturated carbocycles. The highest BCUT2D eigenvalue weighted by Crippen LogP contribution is 2.21. The fourth-order valence-corrected chi connectivity index (χ4v) is 2.32. The number of rotatable bonds is 3. The number of aldehydes is 1. The highest BCUT2D eigenvalue weighted by atomic mass is 35.5. The number of halogens is 2. The molecule has 0 unspecified atom stereocenters. The van der Waals surface area contributed by atoms with E-state index in [4.69, 9.17) is 11.6 Å². The molecule has 3 rings (SSSR count). The van der Waals surface area contributed by atoms with Gasteiger partial charge in [-0.2, -0.15) is 0 Å². The zero-order valence-corrected chi connectivity index (χ0v) is 11.1. The summed E-state index contributed by atoms with van der Waals surface area (Å²) in [6.45, 7) is 0.536. The molecule has 3 aromatic rings. The van der Waals surface area contributed by atoms with Gasteiger partial charge in [0.15, 0.2) is 6.29 Å². The Morgan fingerprint density at radius 3 is 2.65 bits per heavy atom. The van der Waals surface area contributed by atoms with E-state index >= 15 is 0 Å². The minimum Gasteiger partial charge on any atom is -0.341 e. The number of carbonyl (C=O) groups excluding carboxylic acids is 1. The van der Waals surface area contributed by atoms with Crippen molar-refractivity contribution in [2.75, 3.05) is 0 Å². The molecular weight excluding hydrogens is 279 g/mol. The van der Waals surface area contributed by atoms with Gasteiger partial charge in [-0.3, -0.25) is 4.79 Å². The van der Waals surface area contributed by atoms with Crippen LogP contribution in [-0.4, -0.2) is 15.8 Å². The lowest BCUT2D eigenvalue weighted by Crippen LogP contribution is -1.98. The Hall–Kier alpha value is -2.20. The third kappa shape index (κ3) is 2.30. The summed E-state index contributed by atoms with van der Waals surface area (Å²) in [5.41, 5.74) is 2.83. The predicted octanol–water partition coefficient (Wildman–Crippen LogP) is 3.69. The molecule has 0 bridgehead atoms. The summed E-state index contributed by atoms with van der Waals surface area (Å²) < 4.78 is 14.8. The van der Waals surface area contributed by atoms with Gasteiger partial charge < -0.3 is 4.57 Å². The molecule has 0 N–H and O–H groups in total. The molecule has 0 spiro atoms. The van der Waals surface area contributed by atoms with Crippen molar-refractivity contribution >= 4 is 28.9 Å². The highest BCUT2D eigenvalue weighted by Gasteiger charge is 2.10. The van der Waals surface area contributed by atoms with Crippen LogP contribution in [0.5, 0.6) is 0 Å². The maximum absolute atomic E-state index is 12.9. The van der Waals surface area contributed by atoms with Crippen molar-refractivity contribution in [3.05, 3.63) is 64.7 Å². The van der Waals surface area contributed by atoms with Crippen molar-refractivity contribution in [3.63, 3.8) is 0 Å². The van der Waals surface area contributed by atoms with Crippen LogP contribution in [0.15, 0.2) is 42.6 Å². The van der Waals surface area contributed by atoms with E-state index in [1.165, 1.54) is 12.1 Å². The SMILES string of the molecule is O=Cc1cn(Cc2ccc(F)cc2)c2ccc(Cl)nc12. The largest absolute Gasteiger partial charge is 0.341 e. The van der Waals surface area contributed by atoms with Gasteiger partial charge in [0, 0.05) is 12.7 Å². The number of aromatic nitrogens is 2. The van der Waals surface area contributed by atoms with E-state index in [-0.39, 0.29) is 5.82 Å². The molecule has 3 nitrogen and oxygen atoms in total. The normalized spacial score (nSPS) is 10.9. The number of nitrogens with zero attached hydrogens (tertiary/aromatic N) is 2. The topological polar surface area (TPSA) is 34.9 Å². The van der Waals surface area contributed by atoms with Gasteiger partial charge >= 0.3 is 0 Å². The Morgan fingerprint density at radius 1 is 1.20 bits per heavy atom. The smallest absolute Gasteiger partial charge is 0.153 e. The maximum atomic E-state index is 12.9. The van der Waals surface area contributed by atoms with Crippen LogP contribution in [-0.2, 0) is 6.54 Å². The fourth-order valence-electron chi connectivity index (χ4n) is 2.17. The quantitative estimate of drug-likeness (QED) is 0.544. The monoisotopic (exact) mass is 288 g/mol. The van der Waals surface area contributed by atoms with E-state index < -0.39 is 0 Å². The van der Waals surface area contributed by atoms with Gasteiger partial charge in [0.2, 0.25) is 0 Å². The minimum atomic E-state index is -0.270. The van der Waals surface area contributed by atoms with E-state index in [1.807, 2.05) is 10.6 Å². The molecule has 0 saturated heterocycles. The maximum Gasteiger partial charge on any atom is 0.153 e. The second kappa shape index (κ2) is 5.06. The summed E-state index contributed by atoms with van der Waals surface area (Å²) in [6.07, 6.45) is 2.48. The van der Waals surface area contributed by atoms with Crippen LogP contribution in [0.4, 0.5) is 4.39 Å². The molecule has 0 aliphatic heterocycles. The summed E-state index contributed by atoms with van der Waals surface area (Å²) in [7, 11) is 0. The van der Waals surface area contributed by atoms with Gasteiger partial charge in [-0.1, -0.05) is 23.7 Å². The average Bonchev–Trinajstić information content (AvgIpc) is 2.78. The average molecular weight is 289 g/mol. The number of pyridine rings is 1. The van der Waals surface area contributed by atoms with Gasteiger partial charge in [-0.05, 0) is 29.8 Å². The first-order chi connectivity index (χ1) is 9.67. The van der Waals surface area contributed by atoms with E-state index in [9.17, 15) is 9.18 Å². The molecular formula is C15H10ClFN2O. The second-order valence-corrected chi connectivity index (χ2v) is 4.85. The Bertz CT molecular complexity index is 780. The van der Waals surface area contributed by atoms with Gasteiger partial charge in [-0.25, -0.2) is 9.37 Å². The van der Waals surface area contributed by atoms with E-state index in [1.54, 1.807) is 24.4 Å². The van der Waals surface area contributed by atoms with Gasteiger partial charge in [-0.15, -0.1) is 0 Å². The van der Waals surface area contributed by atoms with Crippen molar-refractivity contribution in [2.24, 2.45) is 0 Å². The van der Waals surface area contributed by atoms with Crippen LogP contribution >= 0.6 is 11.6 Å². The molecule has 0 radical (unpaired) electrons. The number of hydrogen-bond donors (Lipinski definition) is 0. The summed E-state index contributed by atoms with van der Waals surface area (Å²) >= 11 is 5.86. The number of carbonyl (C=O) groups is 1. The van der Waals surface area contributed by atoms with Gasteiger partial charge in [0.25, 0.3) is 0 Å². The molecule has 5 heteroatoms. The van der Waals surface area contributed by atoms with Crippen LogP contribution in [0.3, 0.4) is 0 Å². The van der Waals surface area contributed by atoms with Crippen molar-refractivity contribution < 1.29 is 9.18 Å². The Kier molecular flexibility index (Phi) is 3.24. The second-order valence-electron chi connectivity index (χ2n) is 4.46. The highest BCUT2D eigenvalue weighted by molar-refractivity contribution is 6.29. The molecule has 2 aromatic heterocycles. The Labute approximate surface area is 119 Å². The molecule has 0 amide bonds. The summed E-state index contributed by atoms with van der Waals surface area (Å²) in [5, 5.41) is 0.347. The van der Waals surface area contributed by atoms with Crippen molar-refractivity contribution in [2.45, 2.75) is 6.54 Å². The molecule has 1 aromatic carbocycles. The zero-order valence-electron chi connectivity index (χ0n) is 10.4. The number of hydrogen-bond acceptors (Lipinski definition) is 2. The summed E-state index contributed by atoms with van der Waals surface area (Å²) in [6, 6.07) is 9.75. The first-order valence-electron chi connectivity index (χ1n) is 6.02. The first-order valence-corrected chi connectivity index (χ1v) is 6.40. The van der Waals surface area contributed by atoms with E-state index in [0.717, 1.165) is 17.4 Å². The minimum absolute atomic E-state index is 0.270. The predicted molar refractivity (Wildman–Crippen MR) is 75.6 cm³/mol. The first kappa shape index (κ1) is 12.8. The van der Waals surface area contributed by atoms with Crippen LogP contribution in [0, 0.1) is 5.82 Å². The van der Waals surface area contributed by atoms with Crippen molar-refractivity contribution in [3.8, 4) is 0 Å². The van der Waals surface area contributed by atoms with Crippen LogP contribution in [0.2, 0.25) is 5.15 Å². The summed E-state index contributed by atoms with van der Waals surface area (Å²) in [5.74, 6) is -0.270. The fraction of sp³-hybridized carbons (Fsp3) is 0.0667. The van der Waals surface area contributed by atoms with Crippen LogP contribution < -0.4 is 0 Å². The van der Waals surface area contributed by atoms with Crippen molar-refractivity contribution in [1.29, 1.82) is 0 Å². The van der Waals surface area contributed by atoms with E-state index in [0.29, 0.717) is 22.8 Å². The van der Waals surface area contributed by atoms with E-state index in [2.05, 4.69) is 4.98 Å². The molecule has 100 valence electrons. The molecule has 20 heavy (non-hydrogen) atoms. The molecule has 0 aliphatic carbocycles. The third-order valence-corrected chi connectivity index (χ3v) is 3.32. The van der Waals surface area contributed by atoms with Gasteiger partial charge in [0.1, 0.15) is 16.5 Å². The van der Waals surface area contributed by atoms with Crippen LogP contribution in [0.25, 0.3) is 11.0 Å². The van der Waals surface area contributed by atoms with Gasteiger partial charge in [0.05, 0.1) is 11.1 Å².